The third kappa shape index (κ3) is 2.84. The molecule has 0 bridgehead atoms. The first-order valence-electron chi connectivity index (χ1n) is 4.10. The fourth-order valence-electron chi connectivity index (χ4n) is 1.03. The maximum Gasteiger partial charge on any atom is 0.150 e. The average molecular weight is 176 g/mol. The largest absolute Gasteiger partial charge is 0.373 e. The zero-order valence-electron chi connectivity index (χ0n) is 7.40. The standard InChI is InChI=1S/C11H12O2/c1-2-7-13-9-11-6-4-3-5-10(11)8-12/h2-6,8H,1,7,9H2. The lowest BCUT2D eigenvalue weighted by Crippen LogP contribution is -1.96. The van der Waals surface area contributed by atoms with Crippen LogP contribution in [-0.2, 0) is 11.3 Å². The summed E-state index contributed by atoms with van der Waals surface area (Å²) in [6.45, 7) is 4.51. The molecule has 0 amide bonds. The zero-order valence-corrected chi connectivity index (χ0v) is 7.40. The van der Waals surface area contributed by atoms with Crippen LogP contribution in [0.1, 0.15) is 15.9 Å². The highest BCUT2D eigenvalue weighted by Gasteiger charge is 1.98. The first-order chi connectivity index (χ1) is 6.38. The van der Waals surface area contributed by atoms with Crippen molar-refractivity contribution in [2.45, 2.75) is 6.61 Å². The quantitative estimate of drug-likeness (QED) is 0.390. The van der Waals surface area contributed by atoms with Crippen molar-refractivity contribution >= 4 is 6.29 Å². The lowest BCUT2D eigenvalue weighted by Gasteiger charge is -2.03. The summed E-state index contributed by atoms with van der Waals surface area (Å²) < 4.78 is 5.23. The molecule has 2 heteroatoms. The summed E-state index contributed by atoms with van der Waals surface area (Å²) in [5.74, 6) is 0. The summed E-state index contributed by atoms with van der Waals surface area (Å²) in [5, 5.41) is 0. The van der Waals surface area contributed by atoms with Gasteiger partial charge < -0.3 is 4.74 Å². The second-order valence-corrected chi connectivity index (χ2v) is 2.62. The van der Waals surface area contributed by atoms with Crippen LogP contribution in [0, 0.1) is 0 Å². The van der Waals surface area contributed by atoms with Crippen LogP contribution < -0.4 is 0 Å². The molecule has 1 rings (SSSR count). The molecule has 0 saturated heterocycles. The molecule has 0 atom stereocenters. The van der Waals surface area contributed by atoms with E-state index in [1.165, 1.54) is 0 Å². The van der Waals surface area contributed by atoms with Crippen LogP contribution in [0.2, 0.25) is 0 Å². The fraction of sp³-hybridized carbons (Fsp3) is 0.182. The average Bonchev–Trinajstić information content (AvgIpc) is 2.19. The molecule has 0 saturated carbocycles. The van der Waals surface area contributed by atoms with E-state index in [2.05, 4.69) is 6.58 Å². The van der Waals surface area contributed by atoms with Crippen molar-refractivity contribution in [3.63, 3.8) is 0 Å². The monoisotopic (exact) mass is 176 g/mol. The fourth-order valence-corrected chi connectivity index (χ4v) is 1.03. The molecule has 2 nitrogen and oxygen atoms in total. The molecule has 13 heavy (non-hydrogen) atoms. The zero-order chi connectivity index (χ0) is 9.52. The van der Waals surface area contributed by atoms with Crippen LogP contribution in [0.5, 0.6) is 0 Å². The molecule has 0 fully saturated rings. The van der Waals surface area contributed by atoms with Crippen LogP contribution in [0.3, 0.4) is 0 Å². The first kappa shape index (κ1) is 9.68. The second kappa shape index (κ2) is 5.27. The summed E-state index contributed by atoms with van der Waals surface area (Å²) in [6, 6.07) is 7.38. The lowest BCUT2D eigenvalue weighted by molar-refractivity contribution is 0.111. The number of ether oxygens (including phenoxy) is 1. The molecule has 68 valence electrons. The van der Waals surface area contributed by atoms with E-state index in [1.54, 1.807) is 12.1 Å². The minimum Gasteiger partial charge on any atom is -0.373 e. The maximum atomic E-state index is 10.6. The van der Waals surface area contributed by atoms with Gasteiger partial charge in [0.1, 0.15) is 6.29 Å². The second-order valence-electron chi connectivity index (χ2n) is 2.62. The number of carbonyl (C=O) groups is 1. The third-order valence-electron chi connectivity index (χ3n) is 1.68. The molecule has 0 radical (unpaired) electrons. The molecule has 0 N–H and O–H groups in total. The van der Waals surface area contributed by atoms with Crippen LogP contribution >= 0.6 is 0 Å². The highest BCUT2D eigenvalue weighted by Crippen LogP contribution is 2.07. The minimum absolute atomic E-state index is 0.459. The number of benzene rings is 1. The van der Waals surface area contributed by atoms with E-state index in [9.17, 15) is 4.79 Å². The molecule has 0 spiro atoms. The van der Waals surface area contributed by atoms with E-state index in [-0.39, 0.29) is 0 Å². The molecule has 0 unspecified atom stereocenters. The van der Waals surface area contributed by atoms with Crippen LogP contribution in [0.25, 0.3) is 0 Å². The molecular weight excluding hydrogens is 164 g/mol. The number of rotatable bonds is 5. The number of hydrogen-bond acceptors (Lipinski definition) is 2. The van der Waals surface area contributed by atoms with E-state index >= 15 is 0 Å². The highest BCUT2D eigenvalue weighted by molar-refractivity contribution is 5.76. The Hall–Kier alpha value is -1.41. The van der Waals surface area contributed by atoms with Gasteiger partial charge in [0.15, 0.2) is 0 Å². The summed E-state index contributed by atoms with van der Waals surface area (Å²) >= 11 is 0. The van der Waals surface area contributed by atoms with Gasteiger partial charge in [-0.1, -0.05) is 30.3 Å². The van der Waals surface area contributed by atoms with Gasteiger partial charge >= 0.3 is 0 Å². The van der Waals surface area contributed by atoms with Gasteiger partial charge in [0.05, 0.1) is 13.2 Å². The van der Waals surface area contributed by atoms with Crippen molar-refractivity contribution in [1.29, 1.82) is 0 Å². The Labute approximate surface area is 77.8 Å². The maximum absolute atomic E-state index is 10.6. The predicted molar refractivity (Wildman–Crippen MR) is 51.7 cm³/mol. The van der Waals surface area contributed by atoms with Crippen molar-refractivity contribution in [2.75, 3.05) is 6.61 Å². The highest BCUT2D eigenvalue weighted by atomic mass is 16.5. The van der Waals surface area contributed by atoms with Gasteiger partial charge in [0.2, 0.25) is 0 Å². The van der Waals surface area contributed by atoms with Crippen molar-refractivity contribution in [1.82, 2.24) is 0 Å². The topological polar surface area (TPSA) is 26.3 Å². The molecule has 0 heterocycles. The van der Waals surface area contributed by atoms with Crippen molar-refractivity contribution < 1.29 is 9.53 Å². The smallest absolute Gasteiger partial charge is 0.150 e. The number of aldehydes is 1. The normalized spacial score (nSPS) is 9.54. The van der Waals surface area contributed by atoms with E-state index in [0.717, 1.165) is 11.8 Å². The van der Waals surface area contributed by atoms with Crippen molar-refractivity contribution in [2.24, 2.45) is 0 Å². The van der Waals surface area contributed by atoms with Crippen LogP contribution in [0.15, 0.2) is 36.9 Å². The summed E-state index contributed by atoms with van der Waals surface area (Å²) in [5.41, 5.74) is 1.60. The summed E-state index contributed by atoms with van der Waals surface area (Å²) in [7, 11) is 0. The minimum atomic E-state index is 0.459. The molecule has 1 aromatic rings. The van der Waals surface area contributed by atoms with E-state index in [0.29, 0.717) is 18.8 Å². The molecule has 0 aliphatic carbocycles. The van der Waals surface area contributed by atoms with Gasteiger partial charge in [-0.2, -0.15) is 0 Å². The Morgan fingerprint density at radius 2 is 2.15 bits per heavy atom. The Kier molecular flexibility index (Phi) is 3.93. The first-order valence-corrected chi connectivity index (χ1v) is 4.10. The van der Waals surface area contributed by atoms with Gasteiger partial charge in [-0.25, -0.2) is 0 Å². The summed E-state index contributed by atoms with van der Waals surface area (Å²) in [6.07, 6.45) is 2.52. The summed E-state index contributed by atoms with van der Waals surface area (Å²) in [4.78, 5) is 10.6. The Bertz CT molecular complexity index is 292. The van der Waals surface area contributed by atoms with Crippen LogP contribution in [-0.4, -0.2) is 12.9 Å². The van der Waals surface area contributed by atoms with Crippen molar-refractivity contribution in [3.8, 4) is 0 Å². The molecule has 0 aromatic heterocycles. The van der Waals surface area contributed by atoms with E-state index in [1.807, 2.05) is 18.2 Å². The van der Waals surface area contributed by atoms with Gasteiger partial charge in [-0.05, 0) is 5.56 Å². The van der Waals surface area contributed by atoms with Crippen molar-refractivity contribution in [3.05, 3.63) is 48.0 Å². The Balaban J connectivity index is 2.63. The van der Waals surface area contributed by atoms with Gasteiger partial charge in [0.25, 0.3) is 0 Å². The van der Waals surface area contributed by atoms with E-state index in [4.69, 9.17) is 4.74 Å². The van der Waals surface area contributed by atoms with Gasteiger partial charge in [-0.3, -0.25) is 4.79 Å². The number of carbonyl (C=O) groups excluding carboxylic acids is 1. The molecule has 0 aliphatic rings. The van der Waals surface area contributed by atoms with Crippen LogP contribution in [0.4, 0.5) is 0 Å². The molecule has 1 aromatic carbocycles. The third-order valence-corrected chi connectivity index (χ3v) is 1.68. The number of hydrogen-bond donors (Lipinski definition) is 0. The predicted octanol–water partition coefficient (Wildman–Crippen LogP) is 2.20. The van der Waals surface area contributed by atoms with Gasteiger partial charge in [0, 0.05) is 5.56 Å². The Morgan fingerprint density at radius 1 is 1.38 bits per heavy atom. The molecule has 0 aliphatic heterocycles. The Morgan fingerprint density at radius 3 is 2.85 bits per heavy atom. The SMILES string of the molecule is C=CCOCc1ccccc1C=O. The molecular formula is C11H12O2. The van der Waals surface area contributed by atoms with Gasteiger partial charge in [-0.15, -0.1) is 6.58 Å². The lowest BCUT2D eigenvalue weighted by atomic mass is 10.1. The van der Waals surface area contributed by atoms with E-state index < -0.39 is 0 Å².